The van der Waals surface area contributed by atoms with Crippen molar-refractivity contribution in [2.75, 3.05) is 13.1 Å². The molecule has 1 amide bonds. The van der Waals surface area contributed by atoms with Gasteiger partial charge < -0.3 is 10.5 Å². The predicted molar refractivity (Wildman–Crippen MR) is 42.0 cm³/mol. The number of carbonyl (C=O) groups excluding carboxylic acids is 1. The molecule has 1 saturated heterocycles. The summed E-state index contributed by atoms with van der Waals surface area (Å²) in [5, 5.41) is 0. The van der Waals surface area contributed by atoms with Gasteiger partial charge in [0.2, 0.25) is 5.91 Å². The first-order valence-corrected chi connectivity index (χ1v) is 3.68. The first-order chi connectivity index (χ1) is 4.70. The molecule has 0 saturated carbocycles. The van der Waals surface area contributed by atoms with E-state index in [1.54, 1.807) is 0 Å². The summed E-state index contributed by atoms with van der Waals surface area (Å²) in [5.74, 6) is 0.00398. The molecule has 0 aromatic rings. The van der Waals surface area contributed by atoms with Gasteiger partial charge in [0.15, 0.2) is 7.98 Å². The predicted octanol–water partition coefficient (Wildman–Crippen LogP) is -1.27. The standard InChI is InChI=1S/C6H13BN2O/c7-9-3-1-5(2-4-9)6(8)10/h5H,1-4,7H2,(H2,8,10). The number of carbonyl (C=O) groups is 1. The lowest BCUT2D eigenvalue weighted by atomic mass is 9.95. The highest BCUT2D eigenvalue weighted by atomic mass is 16.1. The topological polar surface area (TPSA) is 46.3 Å². The van der Waals surface area contributed by atoms with Gasteiger partial charge in [-0.25, -0.2) is 0 Å². The average Bonchev–Trinajstić information content (AvgIpc) is 1.88. The van der Waals surface area contributed by atoms with Crippen molar-refractivity contribution in [1.29, 1.82) is 0 Å². The molecule has 0 aromatic heterocycles. The summed E-state index contributed by atoms with van der Waals surface area (Å²) < 4.78 is 0. The molecule has 1 heterocycles. The molecular formula is C6H13BN2O. The van der Waals surface area contributed by atoms with Crippen molar-refractivity contribution < 1.29 is 4.79 Å². The van der Waals surface area contributed by atoms with Crippen LogP contribution >= 0.6 is 0 Å². The van der Waals surface area contributed by atoms with Gasteiger partial charge in [0.05, 0.1) is 0 Å². The molecule has 0 spiro atoms. The molecule has 1 aliphatic rings. The summed E-state index contributed by atoms with van der Waals surface area (Å²) in [7, 11) is 2.07. The Bertz CT molecular complexity index is 132. The smallest absolute Gasteiger partial charge is 0.220 e. The van der Waals surface area contributed by atoms with Crippen LogP contribution in [-0.4, -0.2) is 31.8 Å². The Morgan fingerprint density at radius 1 is 1.50 bits per heavy atom. The van der Waals surface area contributed by atoms with Gasteiger partial charge in [0, 0.05) is 5.92 Å². The van der Waals surface area contributed by atoms with Crippen molar-refractivity contribution >= 4 is 13.9 Å². The fourth-order valence-electron chi connectivity index (χ4n) is 1.29. The van der Waals surface area contributed by atoms with Crippen molar-refractivity contribution in [3.05, 3.63) is 0 Å². The van der Waals surface area contributed by atoms with Crippen molar-refractivity contribution in [3.63, 3.8) is 0 Å². The minimum Gasteiger partial charge on any atom is -0.369 e. The van der Waals surface area contributed by atoms with Crippen LogP contribution in [0.15, 0.2) is 0 Å². The van der Waals surface area contributed by atoms with Gasteiger partial charge in [-0.2, -0.15) is 0 Å². The molecule has 1 fully saturated rings. The number of nitrogens with zero attached hydrogens (tertiary/aromatic N) is 1. The second-order valence-corrected chi connectivity index (χ2v) is 2.98. The Morgan fingerprint density at radius 2 is 2.00 bits per heavy atom. The molecular weight excluding hydrogens is 127 g/mol. The lowest BCUT2D eigenvalue weighted by Crippen LogP contribution is -2.37. The van der Waals surface area contributed by atoms with Gasteiger partial charge in [-0.15, -0.1) is 0 Å². The molecule has 0 radical (unpaired) electrons. The van der Waals surface area contributed by atoms with E-state index in [1.165, 1.54) is 0 Å². The van der Waals surface area contributed by atoms with Crippen LogP contribution in [-0.2, 0) is 4.79 Å². The van der Waals surface area contributed by atoms with Crippen LogP contribution < -0.4 is 5.73 Å². The van der Waals surface area contributed by atoms with Crippen LogP contribution in [0.2, 0.25) is 0 Å². The van der Waals surface area contributed by atoms with Gasteiger partial charge in [0.25, 0.3) is 0 Å². The van der Waals surface area contributed by atoms with E-state index in [0.29, 0.717) is 0 Å². The number of hydrogen-bond donors (Lipinski definition) is 1. The molecule has 0 atom stereocenters. The van der Waals surface area contributed by atoms with Gasteiger partial charge in [-0.3, -0.25) is 4.79 Å². The summed E-state index contributed by atoms with van der Waals surface area (Å²) in [6.45, 7) is 2.02. The molecule has 56 valence electrons. The van der Waals surface area contributed by atoms with Crippen molar-refractivity contribution in [3.8, 4) is 0 Å². The highest BCUT2D eigenvalue weighted by molar-refractivity contribution is 6.04. The highest BCUT2D eigenvalue weighted by Gasteiger charge is 2.20. The van der Waals surface area contributed by atoms with E-state index in [4.69, 9.17) is 5.73 Å². The van der Waals surface area contributed by atoms with Crippen molar-refractivity contribution in [1.82, 2.24) is 4.81 Å². The van der Waals surface area contributed by atoms with Crippen molar-refractivity contribution in [2.45, 2.75) is 12.8 Å². The zero-order valence-corrected chi connectivity index (χ0v) is 6.34. The van der Waals surface area contributed by atoms with Crippen LogP contribution in [0, 0.1) is 5.92 Å². The molecule has 0 unspecified atom stereocenters. The van der Waals surface area contributed by atoms with Crippen LogP contribution in [0.25, 0.3) is 0 Å². The van der Waals surface area contributed by atoms with E-state index in [-0.39, 0.29) is 11.8 Å². The van der Waals surface area contributed by atoms with E-state index in [2.05, 4.69) is 12.8 Å². The van der Waals surface area contributed by atoms with Crippen LogP contribution in [0.3, 0.4) is 0 Å². The molecule has 1 rings (SSSR count). The lowest BCUT2D eigenvalue weighted by molar-refractivity contribution is -0.122. The zero-order chi connectivity index (χ0) is 7.56. The Kier molecular flexibility index (Phi) is 2.32. The monoisotopic (exact) mass is 140 g/mol. The molecule has 0 aliphatic carbocycles. The zero-order valence-electron chi connectivity index (χ0n) is 6.34. The van der Waals surface area contributed by atoms with Crippen LogP contribution in [0.4, 0.5) is 0 Å². The number of primary amides is 1. The number of hydrogen-bond acceptors (Lipinski definition) is 2. The molecule has 4 heteroatoms. The van der Waals surface area contributed by atoms with Gasteiger partial charge >= 0.3 is 0 Å². The largest absolute Gasteiger partial charge is 0.369 e. The maximum atomic E-state index is 10.7. The summed E-state index contributed by atoms with van der Waals surface area (Å²) in [4.78, 5) is 12.9. The summed E-state index contributed by atoms with van der Waals surface area (Å²) in [6.07, 6.45) is 1.87. The molecule has 2 N–H and O–H groups in total. The molecule has 0 bridgehead atoms. The van der Waals surface area contributed by atoms with Gasteiger partial charge in [0.1, 0.15) is 0 Å². The second-order valence-electron chi connectivity index (χ2n) is 2.98. The maximum Gasteiger partial charge on any atom is 0.220 e. The maximum absolute atomic E-state index is 10.7. The first-order valence-electron chi connectivity index (χ1n) is 3.68. The van der Waals surface area contributed by atoms with Gasteiger partial charge in [-0.1, -0.05) is 0 Å². The quantitative estimate of drug-likeness (QED) is 0.461. The Labute approximate surface area is 62.0 Å². The summed E-state index contributed by atoms with van der Waals surface area (Å²) in [5.41, 5.74) is 5.16. The highest BCUT2D eigenvalue weighted by Crippen LogP contribution is 2.14. The van der Waals surface area contributed by atoms with E-state index < -0.39 is 0 Å². The Balaban J connectivity index is 2.33. The molecule has 1 aliphatic heterocycles. The van der Waals surface area contributed by atoms with E-state index in [9.17, 15) is 4.79 Å². The molecule has 0 aromatic carbocycles. The second kappa shape index (κ2) is 3.06. The third-order valence-corrected chi connectivity index (χ3v) is 2.12. The Morgan fingerprint density at radius 3 is 2.40 bits per heavy atom. The fourth-order valence-corrected chi connectivity index (χ4v) is 1.29. The number of piperidine rings is 1. The van der Waals surface area contributed by atoms with Crippen LogP contribution in [0.5, 0.6) is 0 Å². The number of nitrogens with two attached hydrogens (primary N) is 1. The fraction of sp³-hybridized carbons (Fsp3) is 0.833. The van der Waals surface area contributed by atoms with E-state index in [0.717, 1.165) is 25.9 Å². The average molecular weight is 140 g/mol. The van der Waals surface area contributed by atoms with E-state index in [1.807, 2.05) is 0 Å². The third kappa shape index (κ3) is 1.74. The number of rotatable bonds is 1. The number of amides is 1. The van der Waals surface area contributed by atoms with Crippen molar-refractivity contribution in [2.24, 2.45) is 11.7 Å². The third-order valence-electron chi connectivity index (χ3n) is 2.12. The lowest BCUT2D eigenvalue weighted by Gasteiger charge is -2.27. The SMILES string of the molecule is BN1CCC(C(N)=O)CC1. The first kappa shape index (κ1) is 7.60. The minimum atomic E-state index is -0.131. The van der Waals surface area contributed by atoms with E-state index >= 15 is 0 Å². The minimum absolute atomic E-state index is 0.131. The van der Waals surface area contributed by atoms with Crippen LogP contribution in [0.1, 0.15) is 12.8 Å². The summed E-state index contributed by atoms with van der Waals surface area (Å²) in [6, 6.07) is 0. The molecule has 10 heavy (non-hydrogen) atoms. The summed E-state index contributed by atoms with van der Waals surface area (Å²) >= 11 is 0. The Hall–Kier alpha value is -0.505. The van der Waals surface area contributed by atoms with Gasteiger partial charge in [-0.05, 0) is 25.9 Å². The normalized spacial score (nSPS) is 22.8. The molecule has 3 nitrogen and oxygen atoms in total.